The fourth-order valence-electron chi connectivity index (χ4n) is 1.67. The molecule has 0 bridgehead atoms. The monoisotopic (exact) mass is 256 g/mol. The van der Waals surface area contributed by atoms with Gasteiger partial charge in [-0.15, -0.1) is 0 Å². The van der Waals surface area contributed by atoms with Crippen LogP contribution in [-0.4, -0.2) is 61.5 Å². The molecule has 0 saturated heterocycles. The molecule has 2 amide bonds. The van der Waals surface area contributed by atoms with Gasteiger partial charge in [0.25, 0.3) is 0 Å². The zero-order valence-electron chi connectivity index (χ0n) is 11.6. The number of rotatable bonds is 8. The molecular formula is C13H24N2O3. The summed E-state index contributed by atoms with van der Waals surface area (Å²) in [5.74, 6) is 0.509. The first-order valence-corrected chi connectivity index (χ1v) is 6.67. The van der Waals surface area contributed by atoms with Crippen molar-refractivity contribution in [2.45, 2.75) is 26.7 Å². The minimum Gasteiger partial charge on any atom is -0.371 e. The highest BCUT2D eigenvalue weighted by atomic mass is 16.5. The Labute approximate surface area is 109 Å². The van der Waals surface area contributed by atoms with E-state index in [1.807, 2.05) is 13.8 Å². The van der Waals surface area contributed by atoms with E-state index in [0.717, 1.165) is 0 Å². The van der Waals surface area contributed by atoms with Crippen LogP contribution in [0.5, 0.6) is 0 Å². The average Bonchev–Trinajstić information content (AvgIpc) is 3.14. The molecule has 1 aliphatic carbocycles. The topological polar surface area (TPSA) is 49.9 Å². The van der Waals surface area contributed by atoms with Crippen LogP contribution in [0.25, 0.3) is 0 Å². The Kier molecular flexibility index (Phi) is 6.12. The number of amides is 2. The molecule has 0 N–H and O–H groups in total. The molecule has 0 unspecified atom stereocenters. The van der Waals surface area contributed by atoms with Crippen LogP contribution >= 0.6 is 0 Å². The lowest BCUT2D eigenvalue weighted by Gasteiger charge is -2.23. The predicted octanol–water partition coefficient (Wildman–Crippen LogP) is 0.740. The second kappa shape index (κ2) is 7.36. The third kappa shape index (κ3) is 5.04. The summed E-state index contributed by atoms with van der Waals surface area (Å²) < 4.78 is 5.32. The lowest BCUT2D eigenvalue weighted by Crippen LogP contribution is -2.42. The summed E-state index contributed by atoms with van der Waals surface area (Å²) in [4.78, 5) is 26.7. The Morgan fingerprint density at radius 1 is 1.17 bits per heavy atom. The van der Waals surface area contributed by atoms with E-state index >= 15 is 0 Å². The third-order valence-corrected chi connectivity index (χ3v) is 3.19. The summed E-state index contributed by atoms with van der Waals surface area (Å²) in [7, 11) is 1.64. The lowest BCUT2D eigenvalue weighted by atomic mass is 10.4. The fraction of sp³-hybridized carbons (Fsp3) is 0.846. The molecular weight excluding hydrogens is 232 g/mol. The second-order valence-corrected chi connectivity index (χ2v) is 4.77. The van der Waals surface area contributed by atoms with E-state index in [4.69, 9.17) is 4.74 Å². The molecule has 0 aromatic heterocycles. The van der Waals surface area contributed by atoms with Gasteiger partial charge in [-0.2, -0.15) is 0 Å². The van der Waals surface area contributed by atoms with Gasteiger partial charge in [-0.1, -0.05) is 0 Å². The zero-order valence-corrected chi connectivity index (χ0v) is 11.6. The van der Waals surface area contributed by atoms with Crippen molar-refractivity contribution in [3.8, 4) is 0 Å². The van der Waals surface area contributed by atoms with Crippen molar-refractivity contribution >= 4 is 11.8 Å². The van der Waals surface area contributed by atoms with E-state index in [0.29, 0.717) is 25.6 Å². The molecule has 1 fully saturated rings. The summed E-state index contributed by atoms with van der Waals surface area (Å²) in [6, 6.07) is 0. The molecule has 104 valence electrons. The molecule has 5 nitrogen and oxygen atoms in total. The highest BCUT2D eigenvalue weighted by Gasteiger charge is 2.22. The van der Waals surface area contributed by atoms with Gasteiger partial charge < -0.3 is 14.5 Å². The van der Waals surface area contributed by atoms with E-state index in [-0.39, 0.29) is 25.0 Å². The van der Waals surface area contributed by atoms with Gasteiger partial charge >= 0.3 is 0 Å². The minimum atomic E-state index is -0.129. The van der Waals surface area contributed by atoms with Crippen LogP contribution in [0, 0.1) is 5.92 Å². The fourth-order valence-corrected chi connectivity index (χ4v) is 1.67. The number of carbonyl (C=O) groups is 2. The highest BCUT2D eigenvalue weighted by Crippen LogP contribution is 2.28. The van der Waals surface area contributed by atoms with Crippen molar-refractivity contribution in [3.63, 3.8) is 0 Å². The molecule has 1 aliphatic rings. The first kappa shape index (κ1) is 15.0. The van der Waals surface area contributed by atoms with Crippen LogP contribution in [0.1, 0.15) is 26.7 Å². The number of hydrogen-bond donors (Lipinski definition) is 0. The maximum Gasteiger partial charge on any atom is 0.248 e. The van der Waals surface area contributed by atoms with Gasteiger partial charge in [0.15, 0.2) is 0 Å². The van der Waals surface area contributed by atoms with Gasteiger partial charge in [-0.05, 0) is 32.6 Å². The molecule has 0 aromatic carbocycles. The normalized spacial score (nSPS) is 14.4. The van der Waals surface area contributed by atoms with Crippen LogP contribution in [-0.2, 0) is 14.3 Å². The summed E-state index contributed by atoms with van der Waals surface area (Å²) in [6.45, 7) is 6.10. The SMILES string of the molecule is CCN(CC)C(=O)CN(C)C(=O)COCC1CC1. The van der Waals surface area contributed by atoms with Crippen LogP contribution in [0.3, 0.4) is 0 Å². The number of ether oxygens (including phenoxy) is 1. The van der Waals surface area contributed by atoms with Crippen LogP contribution < -0.4 is 0 Å². The van der Waals surface area contributed by atoms with Crippen molar-refractivity contribution in [2.24, 2.45) is 5.92 Å². The molecule has 0 spiro atoms. The number of carbonyl (C=O) groups excluding carboxylic acids is 2. The molecule has 1 saturated carbocycles. The van der Waals surface area contributed by atoms with Crippen molar-refractivity contribution in [2.75, 3.05) is 39.9 Å². The minimum absolute atomic E-state index is 0.0157. The van der Waals surface area contributed by atoms with E-state index in [1.54, 1.807) is 11.9 Å². The second-order valence-electron chi connectivity index (χ2n) is 4.77. The van der Waals surface area contributed by atoms with Gasteiger partial charge in [-0.3, -0.25) is 9.59 Å². The first-order chi connectivity index (χ1) is 8.58. The van der Waals surface area contributed by atoms with Crippen molar-refractivity contribution in [1.82, 2.24) is 9.80 Å². The Balaban J connectivity index is 2.22. The van der Waals surface area contributed by atoms with Crippen molar-refractivity contribution in [3.05, 3.63) is 0 Å². The number of likely N-dealkylation sites (N-methyl/N-ethyl adjacent to an activating group) is 2. The zero-order chi connectivity index (χ0) is 13.5. The summed E-state index contributed by atoms with van der Waals surface area (Å²) in [6.07, 6.45) is 2.43. The van der Waals surface area contributed by atoms with E-state index in [2.05, 4.69) is 0 Å². The highest BCUT2D eigenvalue weighted by molar-refractivity contribution is 5.85. The maximum atomic E-state index is 11.8. The molecule has 5 heteroatoms. The van der Waals surface area contributed by atoms with Gasteiger partial charge in [0.1, 0.15) is 6.61 Å². The number of hydrogen-bond acceptors (Lipinski definition) is 3. The molecule has 0 atom stereocenters. The van der Waals surface area contributed by atoms with E-state index in [9.17, 15) is 9.59 Å². The van der Waals surface area contributed by atoms with Crippen LogP contribution in [0.15, 0.2) is 0 Å². The van der Waals surface area contributed by atoms with Crippen molar-refractivity contribution in [1.29, 1.82) is 0 Å². The summed E-state index contributed by atoms with van der Waals surface area (Å²) >= 11 is 0. The van der Waals surface area contributed by atoms with E-state index < -0.39 is 0 Å². The van der Waals surface area contributed by atoms with E-state index in [1.165, 1.54) is 17.7 Å². The molecule has 0 aromatic rings. The number of nitrogens with zero attached hydrogens (tertiary/aromatic N) is 2. The molecule has 0 heterocycles. The van der Waals surface area contributed by atoms with Gasteiger partial charge in [0, 0.05) is 20.1 Å². The predicted molar refractivity (Wildman–Crippen MR) is 69.1 cm³/mol. The average molecular weight is 256 g/mol. The van der Waals surface area contributed by atoms with Crippen molar-refractivity contribution < 1.29 is 14.3 Å². The summed E-state index contributed by atoms with van der Waals surface area (Å²) in [5.41, 5.74) is 0. The Morgan fingerprint density at radius 2 is 1.78 bits per heavy atom. The standard InChI is InChI=1S/C13H24N2O3/c1-4-15(5-2)12(16)8-14(3)13(17)10-18-9-11-6-7-11/h11H,4-10H2,1-3H3. The maximum absolute atomic E-state index is 11.8. The quantitative estimate of drug-likeness (QED) is 0.643. The van der Waals surface area contributed by atoms with Crippen LogP contribution in [0.2, 0.25) is 0 Å². The lowest BCUT2D eigenvalue weighted by molar-refractivity contribution is -0.141. The summed E-state index contributed by atoms with van der Waals surface area (Å²) in [5, 5.41) is 0. The Morgan fingerprint density at radius 3 is 2.28 bits per heavy atom. The Bertz CT molecular complexity index is 286. The molecule has 0 radical (unpaired) electrons. The molecule has 18 heavy (non-hydrogen) atoms. The molecule has 1 rings (SSSR count). The van der Waals surface area contributed by atoms with Gasteiger partial charge in [0.05, 0.1) is 13.2 Å². The van der Waals surface area contributed by atoms with Gasteiger partial charge in [0.2, 0.25) is 11.8 Å². The smallest absolute Gasteiger partial charge is 0.248 e. The Hall–Kier alpha value is -1.10. The third-order valence-electron chi connectivity index (χ3n) is 3.19. The van der Waals surface area contributed by atoms with Crippen LogP contribution in [0.4, 0.5) is 0 Å². The largest absolute Gasteiger partial charge is 0.371 e. The van der Waals surface area contributed by atoms with Gasteiger partial charge in [-0.25, -0.2) is 0 Å². The molecule has 0 aliphatic heterocycles. The first-order valence-electron chi connectivity index (χ1n) is 6.67.